The lowest BCUT2D eigenvalue weighted by atomic mass is 10.1. The second-order valence-electron chi connectivity index (χ2n) is 5.06. The van der Waals surface area contributed by atoms with E-state index in [1.165, 1.54) is 5.56 Å². The quantitative estimate of drug-likeness (QED) is 0.801. The van der Waals surface area contributed by atoms with Crippen molar-refractivity contribution in [2.24, 2.45) is 0 Å². The number of rotatable bonds is 2. The minimum absolute atomic E-state index is 0.440. The van der Waals surface area contributed by atoms with Crippen molar-refractivity contribution in [3.05, 3.63) is 23.3 Å². The average Bonchev–Trinajstić information content (AvgIpc) is 2.19. The van der Waals surface area contributed by atoms with Crippen molar-refractivity contribution >= 4 is 11.8 Å². The van der Waals surface area contributed by atoms with Gasteiger partial charge in [0.2, 0.25) is 0 Å². The van der Waals surface area contributed by atoms with Gasteiger partial charge in [-0.25, -0.2) is 4.79 Å². The zero-order valence-electron chi connectivity index (χ0n) is 11.4. The van der Waals surface area contributed by atoms with Crippen LogP contribution < -0.4 is 14.5 Å². The molecule has 0 fully saturated rings. The Bertz CT molecular complexity index is 434. The summed E-state index contributed by atoms with van der Waals surface area (Å²) in [5.41, 5.74) is 3.29. The standard InChI is InChI=1S/C13H20N2O2/c1-9-7-10(2)12(17-13(16)14-3)8-11(9)15(4,5)6/h7-8H,1-6H3/p+1. The summed E-state index contributed by atoms with van der Waals surface area (Å²) in [5, 5.41) is 2.45. The maximum Gasteiger partial charge on any atom is 0.412 e. The predicted octanol–water partition coefficient (Wildman–Crippen LogP) is 2.22. The number of carbonyl (C=O) groups is 1. The number of hydrogen-bond donors (Lipinski definition) is 1. The first-order valence-corrected chi connectivity index (χ1v) is 5.58. The summed E-state index contributed by atoms with van der Waals surface area (Å²) in [6.45, 7) is 4.00. The maximum absolute atomic E-state index is 11.2. The van der Waals surface area contributed by atoms with Crippen LogP contribution in [0.3, 0.4) is 0 Å². The minimum atomic E-state index is -0.440. The number of benzene rings is 1. The molecule has 1 rings (SSSR count). The van der Waals surface area contributed by atoms with Gasteiger partial charge < -0.3 is 10.1 Å². The summed E-state index contributed by atoms with van der Waals surface area (Å²) in [7, 11) is 7.80. The third kappa shape index (κ3) is 3.20. The van der Waals surface area contributed by atoms with Gasteiger partial charge in [0.05, 0.1) is 21.1 Å². The lowest BCUT2D eigenvalue weighted by Gasteiger charge is -2.26. The Labute approximate surface area is 103 Å². The van der Waals surface area contributed by atoms with Crippen LogP contribution in [0.5, 0.6) is 5.75 Å². The van der Waals surface area contributed by atoms with E-state index < -0.39 is 6.09 Å². The molecule has 0 atom stereocenters. The summed E-state index contributed by atoms with van der Waals surface area (Å²) < 4.78 is 5.92. The van der Waals surface area contributed by atoms with Gasteiger partial charge in [-0.3, -0.25) is 4.48 Å². The molecular formula is C13H21N2O2+. The Hall–Kier alpha value is -1.55. The Morgan fingerprint density at radius 2 is 1.76 bits per heavy atom. The van der Waals surface area contributed by atoms with Crippen LogP contribution >= 0.6 is 0 Å². The van der Waals surface area contributed by atoms with Crippen molar-refractivity contribution < 1.29 is 9.53 Å². The topological polar surface area (TPSA) is 38.3 Å². The number of hydrogen-bond acceptors (Lipinski definition) is 2. The van der Waals surface area contributed by atoms with Crippen LogP contribution in [0.15, 0.2) is 12.1 Å². The molecule has 1 aromatic rings. The van der Waals surface area contributed by atoms with Crippen molar-refractivity contribution in [3.8, 4) is 5.75 Å². The first kappa shape index (κ1) is 13.5. The van der Waals surface area contributed by atoms with Crippen LogP contribution in [0, 0.1) is 13.8 Å². The summed E-state index contributed by atoms with van der Waals surface area (Å²) in [5.74, 6) is 0.609. The van der Waals surface area contributed by atoms with Gasteiger partial charge in [0, 0.05) is 18.7 Å². The van der Waals surface area contributed by atoms with Crippen molar-refractivity contribution in [1.82, 2.24) is 9.80 Å². The number of ether oxygens (including phenoxy) is 1. The van der Waals surface area contributed by atoms with Gasteiger partial charge in [-0.05, 0) is 25.5 Å². The first-order valence-electron chi connectivity index (χ1n) is 5.58. The number of carbonyl (C=O) groups excluding carboxylic acids is 1. The monoisotopic (exact) mass is 237 g/mol. The normalized spacial score (nSPS) is 11.2. The molecule has 1 amide bonds. The van der Waals surface area contributed by atoms with Gasteiger partial charge in [-0.1, -0.05) is 0 Å². The molecule has 0 bridgehead atoms. The molecule has 0 saturated heterocycles. The first-order chi connectivity index (χ1) is 7.75. The highest BCUT2D eigenvalue weighted by Gasteiger charge is 2.19. The SMILES string of the molecule is CNC(=O)Oc1cc([N+](C)(C)C)c(C)cc1C. The van der Waals surface area contributed by atoms with E-state index in [1.54, 1.807) is 7.05 Å². The molecule has 0 spiro atoms. The Kier molecular flexibility index (Phi) is 3.78. The molecule has 0 aliphatic carbocycles. The fraction of sp³-hybridized carbons (Fsp3) is 0.462. The van der Waals surface area contributed by atoms with Crippen LogP contribution in [-0.4, -0.2) is 34.3 Å². The van der Waals surface area contributed by atoms with E-state index in [-0.39, 0.29) is 0 Å². The van der Waals surface area contributed by atoms with Crippen LogP contribution in [0.1, 0.15) is 11.1 Å². The van der Waals surface area contributed by atoms with Crippen molar-refractivity contribution in [1.29, 1.82) is 0 Å². The van der Waals surface area contributed by atoms with Crippen LogP contribution in [0.25, 0.3) is 0 Å². The Balaban J connectivity index is 3.20. The fourth-order valence-electron chi connectivity index (χ4n) is 1.81. The third-order valence-electron chi connectivity index (χ3n) is 2.62. The highest BCUT2D eigenvalue weighted by molar-refractivity contribution is 5.71. The predicted molar refractivity (Wildman–Crippen MR) is 70.6 cm³/mol. The number of nitrogens with zero attached hydrogens (tertiary/aromatic N) is 1. The molecule has 94 valence electrons. The molecule has 1 N–H and O–H groups in total. The highest BCUT2D eigenvalue weighted by atomic mass is 16.6. The second kappa shape index (κ2) is 4.75. The smallest absolute Gasteiger partial charge is 0.410 e. The molecule has 0 unspecified atom stereocenters. The largest absolute Gasteiger partial charge is 0.412 e. The molecule has 1 aromatic carbocycles. The van der Waals surface area contributed by atoms with E-state index in [4.69, 9.17) is 4.74 Å². The van der Waals surface area contributed by atoms with Gasteiger partial charge in [0.25, 0.3) is 0 Å². The number of nitrogens with one attached hydrogen (secondary N) is 1. The van der Waals surface area contributed by atoms with E-state index in [1.807, 2.05) is 19.1 Å². The van der Waals surface area contributed by atoms with Gasteiger partial charge >= 0.3 is 6.09 Å². The van der Waals surface area contributed by atoms with E-state index in [0.29, 0.717) is 10.2 Å². The van der Waals surface area contributed by atoms with Crippen molar-refractivity contribution in [2.75, 3.05) is 28.2 Å². The molecule has 0 saturated carbocycles. The lowest BCUT2D eigenvalue weighted by Crippen LogP contribution is -2.35. The molecule has 4 heteroatoms. The second-order valence-corrected chi connectivity index (χ2v) is 5.06. The fourth-order valence-corrected chi connectivity index (χ4v) is 1.81. The lowest BCUT2D eigenvalue weighted by molar-refractivity contribution is 0.202. The van der Waals surface area contributed by atoms with E-state index in [2.05, 4.69) is 33.4 Å². The van der Waals surface area contributed by atoms with Crippen LogP contribution in [0.4, 0.5) is 10.5 Å². The number of quaternary nitrogens is 1. The van der Waals surface area contributed by atoms with Gasteiger partial charge in [0.15, 0.2) is 0 Å². The maximum atomic E-state index is 11.2. The molecule has 0 aliphatic rings. The average molecular weight is 237 g/mol. The molecule has 0 aliphatic heterocycles. The minimum Gasteiger partial charge on any atom is -0.410 e. The van der Waals surface area contributed by atoms with E-state index in [0.717, 1.165) is 11.3 Å². The zero-order chi connectivity index (χ0) is 13.2. The molecule has 0 aromatic heterocycles. The molecule has 0 radical (unpaired) electrons. The highest BCUT2D eigenvalue weighted by Crippen LogP contribution is 2.30. The summed E-state index contributed by atoms with van der Waals surface area (Å²) in [4.78, 5) is 11.2. The van der Waals surface area contributed by atoms with Crippen molar-refractivity contribution in [2.45, 2.75) is 13.8 Å². The molecule has 0 heterocycles. The number of aryl methyl sites for hydroxylation is 2. The van der Waals surface area contributed by atoms with Crippen LogP contribution in [0.2, 0.25) is 0 Å². The Morgan fingerprint density at radius 3 is 2.24 bits per heavy atom. The summed E-state index contributed by atoms with van der Waals surface area (Å²) >= 11 is 0. The zero-order valence-corrected chi connectivity index (χ0v) is 11.4. The summed E-state index contributed by atoms with van der Waals surface area (Å²) in [6.07, 6.45) is -0.440. The van der Waals surface area contributed by atoms with Gasteiger partial charge in [0.1, 0.15) is 11.4 Å². The van der Waals surface area contributed by atoms with E-state index in [9.17, 15) is 4.79 Å². The van der Waals surface area contributed by atoms with Gasteiger partial charge in [-0.15, -0.1) is 0 Å². The number of amides is 1. The van der Waals surface area contributed by atoms with E-state index >= 15 is 0 Å². The summed E-state index contributed by atoms with van der Waals surface area (Å²) in [6, 6.07) is 3.97. The molecule has 4 nitrogen and oxygen atoms in total. The molecular weight excluding hydrogens is 216 g/mol. The van der Waals surface area contributed by atoms with Crippen molar-refractivity contribution in [3.63, 3.8) is 0 Å². The Morgan fingerprint density at radius 1 is 1.18 bits per heavy atom. The third-order valence-corrected chi connectivity index (χ3v) is 2.62. The van der Waals surface area contributed by atoms with Crippen LogP contribution in [-0.2, 0) is 0 Å². The molecule has 17 heavy (non-hydrogen) atoms. The van der Waals surface area contributed by atoms with Gasteiger partial charge in [-0.2, -0.15) is 0 Å².